The lowest BCUT2D eigenvalue weighted by Crippen LogP contribution is -2.04. The first-order valence-corrected chi connectivity index (χ1v) is 6.54. The Morgan fingerprint density at radius 1 is 0.895 bits per heavy atom. The molecule has 0 radical (unpaired) electrons. The van der Waals surface area contributed by atoms with Gasteiger partial charge in [0.1, 0.15) is 5.82 Å². The number of anilines is 1. The van der Waals surface area contributed by atoms with E-state index in [0.717, 1.165) is 12.2 Å². The van der Waals surface area contributed by atoms with Gasteiger partial charge in [-0.25, -0.2) is 4.39 Å². The molecule has 0 aliphatic rings. The molecule has 0 amide bonds. The summed E-state index contributed by atoms with van der Waals surface area (Å²) >= 11 is 0. The van der Waals surface area contributed by atoms with Gasteiger partial charge in [0.2, 0.25) is 0 Å². The SMILES string of the molecule is Cc1cc(C)c(CNc2ccc(C)c(F)c2)c(C)c1. The summed E-state index contributed by atoms with van der Waals surface area (Å²) in [5.41, 5.74) is 6.61. The van der Waals surface area contributed by atoms with Crippen molar-refractivity contribution in [3.63, 3.8) is 0 Å². The third-order valence-electron chi connectivity index (χ3n) is 3.48. The Morgan fingerprint density at radius 3 is 2.11 bits per heavy atom. The van der Waals surface area contributed by atoms with Crippen LogP contribution in [0.1, 0.15) is 27.8 Å². The summed E-state index contributed by atoms with van der Waals surface area (Å²) in [5, 5.41) is 3.29. The highest BCUT2D eigenvalue weighted by Gasteiger charge is 2.04. The highest BCUT2D eigenvalue weighted by molar-refractivity contribution is 5.47. The smallest absolute Gasteiger partial charge is 0.128 e. The molecule has 2 rings (SSSR count). The van der Waals surface area contributed by atoms with Crippen molar-refractivity contribution < 1.29 is 4.39 Å². The molecule has 0 spiro atoms. The number of halogens is 1. The summed E-state index contributed by atoms with van der Waals surface area (Å²) in [6, 6.07) is 9.62. The zero-order valence-electron chi connectivity index (χ0n) is 12.0. The lowest BCUT2D eigenvalue weighted by Gasteiger charge is -2.13. The molecule has 0 bridgehead atoms. The first kappa shape index (κ1) is 13.6. The van der Waals surface area contributed by atoms with Crippen molar-refractivity contribution in [3.05, 3.63) is 64.0 Å². The number of rotatable bonds is 3. The maximum Gasteiger partial charge on any atom is 0.128 e. The van der Waals surface area contributed by atoms with Crippen LogP contribution in [-0.2, 0) is 6.54 Å². The van der Waals surface area contributed by atoms with Gasteiger partial charge >= 0.3 is 0 Å². The molecule has 2 aromatic rings. The van der Waals surface area contributed by atoms with Crippen molar-refractivity contribution in [2.75, 3.05) is 5.32 Å². The van der Waals surface area contributed by atoms with Crippen molar-refractivity contribution in [1.29, 1.82) is 0 Å². The van der Waals surface area contributed by atoms with Crippen LogP contribution >= 0.6 is 0 Å². The molecule has 0 unspecified atom stereocenters. The minimum Gasteiger partial charge on any atom is -0.381 e. The third kappa shape index (κ3) is 3.14. The van der Waals surface area contributed by atoms with Gasteiger partial charge in [-0.05, 0) is 62.1 Å². The quantitative estimate of drug-likeness (QED) is 0.842. The first-order valence-electron chi connectivity index (χ1n) is 6.54. The van der Waals surface area contributed by atoms with Crippen molar-refractivity contribution in [2.45, 2.75) is 34.2 Å². The average Bonchev–Trinajstić information content (AvgIpc) is 2.32. The van der Waals surface area contributed by atoms with Crippen molar-refractivity contribution in [2.24, 2.45) is 0 Å². The Balaban J connectivity index is 2.16. The van der Waals surface area contributed by atoms with Gasteiger partial charge in [-0.15, -0.1) is 0 Å². The van der Waals surface area contributed by atoms with E-state index < -0.39 is 0 Å². The highest BCUT2D eigenvalue weighted by atomic mass is 19.1. The highest BCUT2D eigenvalue weighted by Crippen LogP contribution is 2.19. The predicted molar refractivity (Wildman–Crippen MR) is 79.1 cm³/mol. The van der Waals surface area contributed by atoms with E-state index in [0.29, 0.717) is 5.56 Å². The zero-order chi connectivity index (χ0) is 14.0. The molecule has 2 heteroatoms. The van der Waals surface area contributed by atoms with E-state index >= 15 is 0 Å². The summed E-state index contributed by atoms with van der Waals surface area (Å²) in [4.78, 5) is 0. The molecule has 0 heterocycles. The normalized spacial score (nSPS) is 10.6. The maximum atomic E-state index is 13.5. The minimum absolute atomic E-state index is 0.164. The fraction of sp³-hybridized carbons (Fsp3) is 0.294. The van der Waals surface area contributed by atoms with E-state index in [1.54, 1.807) is 19.1 Å². The predicted octanol–water partition coefficient (Wildman–Crippen LogP) is 4.67. The first-order chi connectivity index (χ1) is 8.97. The summed E-state index contributed by atoms with van der Waals surface area (Å²) in [7, 11) is 0. The second-order valence-electron chi connectivity index (χ2n) is 5.19. The number of hydrogen-bond donors (Lipinski definition) is 1. The van der Waals surface area contributed by atoms with E-state index in [2.05, 4.69) is 38.2 Å². The van der Waals surface area contributed by atoms with Crippen LogP contribution in [0.5, 0.6) is 0 Å². The molecule has 100 valence electrons. The van der Waals surface area contributed by atoms with Gasteiger partial charge in [0.05, 0.1) is 0 Å². The molecular formula is C17H20FN. The zero-order valence-corrected chi connectivity index (χ0v) is 12.0. The summed E-state index contributed by atoms with van der Waals surface area (Å²) in [6.07, 6.45) is 0. The fourth-order valence-electron chi connectivity index (χ4n) is 2.38. The van der Waals surface area contributed by atoms with Crippen LogP contribution in [-0.4, -0.2) is 0 Å². The second kappa shape index (κ2) is 5.43. The van der Waals surface area contributed by atoms with Crippen molar-refractivity contribution in [1.82, 2.24) is 0 Å². The average molecular weight is 257 g/mol. The van der Waals surface area contributed by atoms with E-state index in [-0.39, 0.29) is 5.82 Å². The van der Waals surface area contributed by atoms with Crippen LogP contribution in [0.2, 0.25) is 0 Å². The molecule has 19 heavy (non-hydrogen) atoms. The second-order valence-corrected chi connectivity index (χ2v) is 5.19. The summed E-state index contributed by atoms with van der Waals surface area (Å²) in [6.45, 7) is 8.83. The van der Waals surface area contributed by atoms with E-state index in [9.17, 15) is 4.39 Å². The van der Waals surface area contributed by atoms with Crippen LogP contribution in [0.15, 0.2) is 30.3 Å². The standard InChI is InChI=1S/C17H20FN/c1-11-7-13(3)16(14(4)8-11)10-19-15-6-5-12(2)17(18)9-15/h5-9,19H,10H2,1-4H3. The van der Waals surface area contributed by atoms with E-state index in [1.165, 1.54) is 22.3 Å². The van der Waals surface area contributed by atoms with E-state index in [4.69, 9.17) is 0 Å². The minimum atomic E-state index is -0.164. The molecule has 0 aliphatic heterocycles. The van der Waals surface area contributed by atoms with Gasteiger partial charge in [0.25, 0.3) is 0 Å². The molecule has 0 aromatic heterocycles. The van der Waals surface area contributed by atoms with Gasteiger partial charge in [0, 0.05) is 12.2 Å². The third-order valence-corrected chi connectivity index (χ3v) is 3.48. The van der Waals surface area contributed by atoms with Crippen LogP contribution in [0.4, 0.5) is 10.1 Å². The molecule has 1 N–H and O–H groups in total. The Morgan fingerprint density at radius 2 is 1.53 bits per heavy atom. The van der Waals surface area contributed by atoms with E-state index in [1.807, 2.05) is 6.07 Å². The lowest BCUT2D eigenvalue weighted by atomic mass is 10.00. The van der Waals surface area contributed by atoms with Gasteiger partial charge in [0.15, 0.2) is 0 Å². The van der Waals surface area contributed by atoms with Crippen molar-refractivity contribution >= 4 is 5.69 Å². The fourth-order valence-corrected chi connectivity index (χ4v) is 2.38. The number of nitrogens with one attached hydrogen (secondary N) is 1. The molecule has 1 nitrogen and oxygen atoms in total. The Kier molecular flexibility index (Phi) is 3.89. The monoisotopic (exact) mass is 257 g/mol. The van der Waals surface area contributed by atoms with Gasteiger partial charge in [-0.2, -0.15) is 0 Å². The molecular weight excluding hydrogens is 237 g/mol. The largest absolute Gasteiger partial charge is 0.381 e. The van der Waals surface area contributed by atoms with Crippen LogP contribution in [0.3, 0.4) is 0 Å². The van der Waals surface area contributed by atoms with Gasteiger partial charge in [-0.3, -0.25) is 0 Å². The Bertz CT molecular complexity index is 579. The molecule has 0 saturated heterocycles. The maximum absolute atomic E-state index is 13.5. The van der Waals surface area contributed by atoms with Crippen LogP contribution in [0, 0.1) is 33.5 Å². The molecule has 0 saturated carbocycles. The number of benzene rings is 2. The van der Waals surface area contributed by atoms with Crippen LogP contribution < -0.4 is 5.32 Å². The summed E-state index contributed by atoms with van der Waals surface area (Å²) in [5.74, 6) is -0.164. The van der Waals surface area contributed by atoms with Gasteiger partial charge in [-0.1, -0.05) is 23.8 Å². The van der Waals surface area contributed by atoms with Crippen molar-refractivity contribution in [3.8, 4) is 0 Å². The molecule has 2 aromatic carbocycles. The number of aryl methyl sites for hydroxylation is 4. The molecule has 0 fully saturated rings. The Hall–Kier alpha value is -1.83. The molecule has 0 aliphatic carbocycles. The number of hydrogen-bond acceptors (Lipinski definition) is 1. The van der Waals surface area contributed by atoms with Gasteiger partial charge < -0.3 is 5.32 Å². The topological polar surface area (TPSA) is 12.0 Å². The van der Waals surface area contributed by atoms with Crippen LogP contribution in [0.25, 0.3) is 0 Å². The molecule has 0 atom stereocenters. The Labute approximate surface area is 114 Å². The lowest BCUT2D eigenvalue weighted by molar-refractivity contribution is 0.619. The summed E-state index contributed by atoms with van der Waals surface area (Å²) < 4.78 is 13.5.